The van der Waals surface area contributed by atoms with Crippen LogP contribution in [0, 0.1) is 36.5 Å². The molecule has 13 rings (SSSR count). The summed E-state index contributed by atoms with van der Waals surface area (Å²) in [5, 5.41) is 25.9. The Labute approximate surface area is 430 Å². The molecule has 0 aliphatic heterocycles. The number of hydrogen-bond donors (Lipinski definition) is 0. The Kier molecular flexibility index (Phi) is 10.7. The highest BCUT2D eigenvalue weighted by Crippen LogP contribution is 2.48. The van der Waals surface area contributed by atoms with E-state index in [1.54, 1.807) is 0 Å². The summed E-state index contributed by atoms with van der Waals surface area (Å²) in [7, 11) is 0. The molecule has 0 amide bonds. The summed E-state index contributed by atoms with van der Waals surface area (Å²) in [6, 6.07) is 91.6. The van der Waals surface area contributed by atoms with Gasteiger partial charge in [-0.25, -0.2) is 0 Å². The second-order valence-corrected chi connectivity index (χ2v) is 19.2. The van der Waals surface area contributed by atoms with E-state index >= 15 is 0 Å². The van der Waals surface area contributed by atoms with E-state index in [1.807, 2.05) is 26.0 Å². The lowest BCUT2D eigenvalue weighted by Crippen LogP contribution is -2.05. The van der Waals surface area contributed by atoms with Gasteiger partial charge in [-0.15, -0.1) is 0 Å². The SMILES string of the molecule is Cc1ccc(-c2c(-n3c4ccc(-c5ccccc5)cc4c4cc(-c5ccccc5)ccc43)ccc(-n3c4ccc(-c5ccccc5)cc4c4cc(-c5ccccc5)ccc43)c2-c2ccc(C)c(C#N)c2)cc1C#N. The molecule has 0 spiro atoms. The Hall–Kier alpha value is -10.0. The van der Waals surface area contributed by atoms with Gasteiger partial charge in [-0.1, -0.05) is 170 Å². The summed E-state index contributed by atoms with van der Waals surface area (Å²) in [5.74, 6) is 0. The van der Waals surface area contributed by atoms with Gasteiger partial charge >= 0.3 is 0 Å². The maximum atomic E-state index is 10.7. The monoisotopic (exact) mass is 942 g/mol. The maximum Gasteiger partial charge on any atom is 0.0994 e. The van der Waals surface area contributed by atoms with Crippen LogP contribution in [0.2, 0.25) is 0 Å². The number of benzene rings is 11. The van der Waals surface area contributed by atoms with Crippen LogP contribution in [0.15, 0.2) is 243 Å². The van der Waals surface area contributed by atoms with Crippen LogP contribution < -0.4 is 0 Å². The van der Waals surface area contributed by atoms with Crippen LogP contribution in [0.4, 0.5) is 0 Å². The minimum atomic E-state index is 0.604. The number of nitriles is 2. The van der Waals surface area contributed by atoms with E-state index in [9.17, 15) is 10.5 Å². The molecule has 4 nitrogen and oxygen atoms in total. The second kappa shape index (κ2) is 18.0. The maximum absolute atomic E-state index is 10.7. The molecule has 0 bridgehead atoms. The summed E-state index contributed by atoms with van der Waals surface area (Å²) in [6.07, 6.45) is 0. The molecule has 0 aliphatic rings. The molecule has 0 atom stereocenters. The highest BCUT2D eigenvalue weighted by atomic mass is 15.0. The number of rotatable bonds is 8. The fourth-order valence-electron chi connectivity index (χ4n) is 11.1. The quantitative estimate of drug-likeness (QED) is 0.152. The molecule has 0 saturated carbocycles. The van der Waals surface area contributed by atoms with Crippen LogP contribution in [-0.2, 0) is 0 Å². The molecular formula is C70H46N4. The van der Waals surface area contributed by atoms with Gasteiger partial charge in [-0.05, 0) is 153 Å². The first-order valence-corrected chi connectivity index (χ1v) is 25.0. The Morgan fingerprint density at radius 2 is 0.541 bits per heavy atom. The minimum absolute atomic E-state index is 0.604. The molecule has 4 heteroatoms. The van der Waals surface area contributed by atoms with Gasteiger partial charge in [0.15, 0.2) is 0 Å². The van der Waals surface area contributed by atoms with E-state index in [0.29, 0.717) is 11.1 Å². The summed E-state index contributed by atoms with van der Waals surface area (Å²) < 4.78 is 4.82. The first-order chi connectivity index (χ1) is 36.4. The predicted octanol–water partition coefficient (Wildman–Crippen LogP) is 18.2. The molecule has 2 aromatic heterocycles. The van der Waals surface area contributed by atoms with Crippen molar-refractivity contribution < 1.29 is 0 Å². The zero-order valence-corrected chi connectivity index (χ0v) is 40.9. The van der Waals surface area contributed by atoms with E-state index in [-0.39, 0.29) is 0 Å². The Morgan fingerprint density at radius 3 is 0.811 bits per heavy atom. The third-order valence-electron chi connectivity index (χ3n) is 14.9. The van der Waals surface area contributed by atoms with Crippen LogP contribution in [0.3, 0.4) is 0 Å². The molecule has 13 aromatic rings. The van der Waals surface area contributed by atoms with E-state index in [2.05, 4.69) is 252 Å². The number of fused-ring (bicyclic) bond motifs is 6. The number of aryl methyl sites for hydroxylation is 2. The van der Waals surface area contributed by atoms with Crippen LogP contribution in [0.5, 0.6) is 0 Å². The van der Waals surface area contributed by atoms with Gasteiger partial charge in [0.2, 0.25) is 0 Å². The topological polar surface area (TPSA) is 57.4 Å². The Balaban J connectivity index is 1.18. The van der Waals surface area contributed by atoms with Crippen molar-refractivity contribution in [2.75, 3.05) is 0 Å². The van der Waals surface area contributed by atoms with Crippen molar-refractivity contribution in [3.63, 3.8) is 0 Å². The van der Waals surface area contributed by atoms with Crippen molar-refractivity contribution in [3.05, 3.63) is 265 Å². The minimum Gasteiger partial charge on any atom is -0.309 e. The molecular weight excluding hydrogens is 897 g/mol. The smallest absolute Gasteiger partial charge is 0.0994 e. The third-order valence-corrected chi connectivity index (χ3v) is 14.9. The van der Waals surface area contributed by atoms with Gasteiger partial charge in [0.1, 0.15) is 0 Å². The fraction of sp³-hybridized carbons (Fsp3) is 0.0286. The standard InChI is InChI=1S/C70H46N4/c1-45-23-25-55(37-57(45)43-71)69-67(73-63-31-27-51(47-15-7-3-8-16-47)39-59(63)60-40-52(28-32-64(60)73)48-17-9-4-10-18-48)35-36-68(70(69)56-26-24-46(2)58(38-56)44-72)74-65-33-29-53(49-19-11-5-12-20-49)41-61(65)62-42-54(30-34-66(62)74)50-21-13-6-14-22-50/h3-42H,1-2H3. The van der Waals surface area contributed by atoms with E-state index in [4.69, 9.17) is 0 Å². The van der Waals surface area contributed by atoms with Gasteiger partial charge in [0, 0.05) is 32.7 Å². The lowest BCUT2D eigenvalue weighted by Gasteiger charge is -2.24. The van der Waals surface area contributed by atoms with Gasteiger partial charge < -0.3 is 9.13 Å². The first-order valence-electron chi connectivity index (χ1n) is 25.0. The highest BCUT2D eigenvalue weighted by molar-refractivity contribution is 6.15. The highest BCUT2D eigenvalue weighted by Gasteiger charge is 2.26. The van der Waals surface area contributed by atoms with E-state index in [0.717, 1.165) is 133 Å². The van der Waals surface area contributed by atoms with Gasteiger partial charge in [0.25, 0.3) is 0 Å². The largest absolute Gasteiger partial charge is 0.309 e. The fourth-order valence-corrected chi connectivity index (χ4v) is 11.1. The average Bonchev–Trinajstić information content (AvgIpc) is 4.03. The third kappa shape index (κ3) is 7.36. The zero-order valence-electron chi connectivity index (χ0n) is 40.9. The molecule has 0 saturated heterocycles. The first kappa shape index (κ1) is 44.0. The summed E-state index contributed by atoms with van der Waals surface area (Å²) in [4.78, 5) is 0. The summed E-state index contributed by atoms with van der Waals surface area (Å²) in [5.41, 5.74) is 22.0. The molecule has 346 valence electrons. The molecule has 0 aliphatic carbocycles. The van der Waals surface area contributed by atoms with Crippen LogP contribution >= 0.6 is 0 Å². The van der Waals surface area contributed by atoms with Crippen molar-refractivity contribution in [2.45, 2.75) is 13.8 Å². The van der Waals surface area contributed by atoms with Crippen molar-refractivity contribution in [1.82, 2.24) is 9.13 Å². The predicted molar refractivity (Wildman–Crippen MR) is 307 cm³/mol. The Morgan fingerprint density at radius 1 is 0.270 bits per heavy atom. The van der Waals surface area contributed by atoms with Crippen molar-refractivity contribution in [3.8, 4) is 90.3 Å². The van der Waals surface area contributed by atoms with Gasteiger partial charge in [0.05, 0.1) is 56.7 Å². The summed E-state index contributed by atoms with van der Waals surface area (Å²) >= 11 is 0. The molecule has 11 aromatic carbocycles. The molecule has 0 fully saturated rings. The molecule has 0 radical (unpaired) electrons. The zero-order chi connectivity index (χ0) is 49.9. The number of nitrogens with zero attached hydrogens (tertiary/aromatic N) is 4. The van der Waals surface area contributed by atoms with E-state index in [1.165, 1.54) is 0 Å². The van der Waals surface area contributed by atoms with Crippen LogP contribution in [-0.4, -0.2) is 9.13 Å². The number of aromatic nitrogens is 2. The van der Waals surface area contributed by atoms with Gasteiger partial charge in [-0.3, -0.25) is 0 Å². The molecule has 74 heavy (non-hydrogen) atoms. The Bertz CT molecular complexity index is 3950. The summed E-state index contributed by atoms with van der Waals surface area (Å²) in [6.45, 7) is 3.99. The normalized spacial score (nSPS) is 11.4. The van der Waals surface area contributed by atoms with Crippen LogP contribution in [0.25, 0.3) is 122 Å². The van der Waals surface area contributed by atoms with E-state index < -0.39 is 0 Å². The lowest BCUT2D eigenvalue weighted by atomic mass is 9.88. The average molecular weight is 943 g/mol. The lowest BCUT2D eigenvalue weighted by molar-refractivity contribution is 1.15. The van der Waals surface area contributed by atoms with Crippen molar-refractivity contribution in [1.29, 1.82) is 10.5 Å². The van der Waals surface area contributed by atoms with Gasteiger partial charge in [-0.2, -0.15) is 10.5 Å². The van der Waals surface area contributed by atoms with Crippen molar-refractivity contribution >= 4 is 43.6 Å². The molecule has 0 unspecified atom stereocenters. The molecule has 0 N–H and O–H groups in total. The number of hydrogen-bond acceptors (Lipinski definition) is 2. The van der Waals surface area contributed by atoms with Crippen molar-refractivity contribution in [2.24, 2.45) is 0 Å². The second-order valence-electron chi connectivity index (χ2n) is 19.2. The molecule has 2 heterocycles. The van der Waals surface area contributed by atoms with Crippen LogP contribution in [0.1, 0.15) is 22.3 Å².